The van der Waals surface area contributed by atoms with Crippen LogP contribution in [-0.2, 0) is 0 Å². The summed E-state index contributed by atoms with van der Waals surface area (Å²) in [6.07, 6.45) is 16.3. The fourth-order valence-corrected chi connectivity index (χ4v) is 2.89. The van der Waals surface area contributed by atoms with Crippen molar-refractivity contribution < 1.29 is 0 Å². The van der Waals surface area contributed by atoms with E-state index in [1.165, 1.54) is 77.0 Å². The van der Waals surface area contributed by atoms with Gasteiger partial charge in [0.25, 0.3) is 0 Å². The van der Waals surface area contributed by atoms with Crippen LogP contribution in [0.5, 0.6) is 0 Å². The summed E-state index contributed by atoms with van der Waals surface area (Å²) in [6, 6.07) is 0. The maximum atomic E-state index is 6.51. The number of hydrogen-bond acceptors (Lipinski definition) is 0. The molecule has 1 rings (SSSR count). The van der Waals surface area contributed by atoms with Gasteiger partial charge in [-0.05, 0) is 0 Å². The smallest absolute Gasteiger partial charge is 0.0661 e. The zero-order chi connectivity index (χ0) is 11.0. The molecule has 1 fully saturated rings. The fourth-order valence-electron chi connectivity index (χ4n) is 2.89. The van der Waals surface area contributed by atoms with Crippen LogP contribution in [-0.4, -0.2) is 7.85 Å². The topological polar surface area (TPSA) is 0 Å². The van der Waals surface area contributed by atoms with E-state index in [2.05, 4.69) is 6.92 Å². The van der Waals surface area contributed by atoms with Gasteiger partial charge in [-0.3, -0.25) is 0 Å². The van der Waals surface area contributed by atoms with Crippen LogP contribution in [0.2, 0.25) is 5.31 Å². The molecule has 0 saturated heterocycles. The Kier molecular flexibility index (Phi) is 6.44. The van der Waals surface area contributed by atoms with Crippen molar-refractivity contribution in [1.29, 1.82) is 0 Å². The van der Waals surface area contributed by atoms with Crippen LogP contribution in [0.25, 0.3) is 0 Å². The standard InChI is InChI=1S/C14H27B/c1-2-11-14(15)12-9-7-5-3-4-6-8-10-13-14/h2-13H2,1H3. The predicted molar refractivity (Wildman–Crippen MR) is 69.5 cm³/mol. The van der Waals surface area contributed by atoms with Crippen molar-refractivity contribution in [3.05, 3.63) is 0 Å². The molecule has 0 aliphatic heterocycles. The van der Waals surface area contributed by atoms with Gasteiger partial charge in [-0.25, -0.2) is 0 Å². The van der Waals surface area contributed by atoms with E-state index in [0.717, 1.165) is 0 Å². The maximum absolute atomic E-state index is 6.51. The Morgan fingerprint density at radius 1 is 0.800 bits per heavy atom. The van der Waals surface area contributed by atoms with E-state index in [1.807, 2.05) is 0 Å². The molecule has 0 aromatic heterocycles. The largest absolute Gasteiger partial charge is 0.0746 e. The molecule has 0 nitrogen and oxygen atoms in total. The maximum Gasteiger partial charge on any atom is 0.0746 e. The summed E-state index contributed by atoms with van der Waals surface area (Å²) in [4.78, 5) is 0. The molecule has 0 aromatic carbocycles. The second kappa shape index (κ2) is 7.36. The van der Waals surface area contributed by atoms with Crippen molar-refractivity contribution in [1.82, 2.24) is 0 Å². The number of rotatable bonds is 2. The van der Waals surface area contributed by atoms with Gasteiger partial charge in [0.15, 0.2) is 0 Å². The average Bonchev–Trinajstić information content (AvgIpc) is 2.24. The first-order chi connectivity index (χ1) is 7.27. The highest BCUT2D eigenvalue weighted by Gasteiger charge is 2.21. The van der Waals surface area contributed by atoms with Gasteiger partial charge in [-0.15, -0.1) is 0 Å². The third-order valence-electron chi connectivity index (χ3n) is 3.85. The van der Waals surface area contributed by atoms with Crippen LogP contribution >= 0.6 is 0 Å². The second-order valence-electron chi connectivity index (χ2n) is 5.44. The van der Waals surface area contributed by atoms with E-state index in [1.54, 1.807) is 0 Å². The van der Waals surface area contributed by atoms with Crippen LogP contribution in [0.15, 0.2) is 0 Å². The van der Waals surface area contributed by atoms with Gasteiger partial charge in [0.05, 0.1) is 7.85 Å². The third-order valence-corrected chi connectivity index (χ3v) is 3.85. The molecule has 1 aliphatic carbocycles. The molecular weight excluding hydrogens is 179 g/mol. The molecular formula is C14H27B. The molecule has 0 heterocycles. The Morgan fingerprint density at radius 3 is 1.60 bits per heavy atom. The van der Waals surface area contributed by atoms with Crippen LogP contribution in [0.1, 0.15) is 84.0 Å². The zero-order valence-corrected chi connectivity index (χ0v) is 10.6. The summed E-state index contributed by atoms with van der Waals surface area (Å²) in [6.45, 7) is 2.26. The van der Waals surface area contributed by atoms with E-state index >= 15 is 0 Å². The van der Waals surface area contributed by atoms with Crippen molar-refractivity contribution in [3.63, 3.8) is 0 Å². The molecule has 0 N–H and O–H groups in total. The highest BCUT2D eigenvalue weighted by molar-refractivity contribution is 6.15. The SMILES string of the molecule is [B]C1(CCC)CCCCCCCCCC1. The van der Waals surface area contributed by atoms with Crippen LogP contribution < -0.4 is 0 Å². The Labute approximate surface area is 97.6 Å². The molecule has 0 unspecified atom stereocenters. The van der Waals surface area contributed by atoms with Gasteiger partial charge in [-0.1, -0.05) is 89.3 Å². The minimum Gasteiger partial charge on any atom is -0.0661 e. The molecule has 0 atom stereocenters. The van der Waals surface area contributed by atoms with Crippen molar-refractivity contribution in [2.75, 3.05) is 0 Å². The summed E-state index contributed by atoms with van der Waals surface area (Å²) < 4.78 is 0. The van der Waals surface area contributed by atoms with E-state index in [-0.39, 0.29) is 5.31 Å². The summed E-state index contributed by atoms with van der Waals surface area (Å²) in [5, 5.41) is 0.180. The van der Waals surface area contributed by atoms with Crippen LogP contribution in [0.4, 0.5) is 0 Å². The lowest BCUT2D eigenvalue weighted by Gasteiger charge is -2.30. The first-order valence-corrected chi connectivity index (χ1v) is 7.06. The molecule has 1 saturated carbocycles. The molecule has 0 aromatic rings. The van der Waals surface area contributed by atoms with E-state index in [0.29, 0.717) is 0 Å². The number of hydrogen-bond donors (Lipinski definition) is 0. The summed E-state index contributed by atoms with van der Waals surface area (Å²) >= 11 is 0. The molecule has 0 bridgehead atoms. The molecule has 86 valence electrons. The first kappa shape index (κ1) is 13.1. The van der Waals surface area contributed by atoms with Gasteiger partial charge in [-0.2, -0.15) is 0 Å². The Balaban J connectivity index is 2.37. The first-order valence-electron chi connectivity index (χ1n) is 7.06. The fraction of sp³-hybridized carbons (Fsp3) is 1.00. The van der Waals surface area contributed by atoms with Gasteiger partial charge < -0.3 is 0 Å². The minimum atomic E-state index is 0.180. The van der Waals surface area contributed by atoms with Crippen molar-refractivity contribution >= 4 is 7.85 Å². The summed E-state index contributed by atoms with van der Waals surface area (Å²) in [7, 11) is 6.51. The summed E-state index contributed by atoms with van der Waals surface area (Å²) in [5.41, 5.74) is 0. The minimum absolute atomic E-state index is 0.180. The Morgan fingerprint density at radius 2 is 1.20 bits per heavy atom. The summed E-state index contributed by atoms with van der Waals surface area (Å²) in [5.74, 6) is 0. The normalized spacial score (nSPS) is 24.3. The van der Waals surface area contributed by atoms with Crippen LogP contribution in [0.3, 0.4) is 0 Å². The highest BCUT2D eigenvalue weighted by Crippen LogP contribution is 2.40. The van der Waals surface area contributed by atoms with Crippen LogP contribution in [0, 0.1) is 0 Å². The van der Waals surface area contributed by atoms with Gasteiger partial charge in [0.2, 0.25) is 0 Å². The van der Waals surface area contributed by atoms with Gasteiger partial charge in [0, 0.05) is 0 Å². The van der Waals surface area contributed by atoms with Crippen molar-refractivity contribution in [2.24, 2.45) is 0 Å². The predicted octanol–water partition coefficient (Wildman–Crippen LogP) is 5.03. The van der Waals surface area contributed by atoms with E-state index < -0.39 is 0 Å². The molecule has 0 spiro atoms. The monoisotopic (exact) mass is 206 g/mol. The third kappa shape index (κ3) is 5.63. The zero-order valence-electron chi connectivity index (χ0n) is 10.6. The molecule has 1 heteroatoms. The second-order valence-corrected chi connectivity index (χ2v) is 5.44. The Bertz CT molecular complexity index is 141. The molecule has 1 aliphatic rings. The lowest BCUT2D eigenvalue weighted by Crippen LogP contribution is -2.12. The van der Waals surface area contributed by atoms with Gasteiger partial charge in [0.1, 0.15) is 0 Å². The average molecular weight is 206 g/mol. The lowest BCUT2D eigenvalue weighted by molar-refractivity contribution is 0.407. The highest BCUT2D eigenvalue weighted by atomic mass is 14.2. The van der Waals surface area contributed by atoms with Crippen molar-refractivity contribution in [3.8, 4) is 0 Å². The Hall–Kier alpha value is 0.0649. The molecule has 0 amide bonds. The lowest BCUT2D eigenvalue weighted by atomic mass is 9.60. The molecule has 15 heavy (non-hydrogen) atoms. The van der Waals surface area contributed by atoms with E-state index in [4.69, 9.17) is 7.85 Å². The van der Waals surface area contributed by atoms with Crippen molar-refractivity contribution in [2.45, 2.75) is 89.3 Å². The van der Waals surface area contributed by atoms with Gasteiger partial charge >= 0.3 is 0 Å². The molecule has 2 radical (unpaired) electrons. The van der Waals surface area contributed by atoms with E-state index in [9.17, 15) is 0 Å². The quantitative estimate of drug-likeness (QED) is 0.556.